The molecule has 0 radical (unpaired) electrons. The van der Waals surface area contributed by atoms with Gasteiger partial charge in [0.1, 0.15) is 0 Å². The highest BCUT2D eigenvalue weighted by Gasteiger charge is 2.31. The fraction of sp³-hybridized carbons (Fsp3) is 0.333. The molecule has 0 N–H and O–H groups in total. The van der Waals surface area contributed by atoms with E-state index in [0.29, 0.717) is 6.42 Å². The number of hydrogen-bond acceptors (Lipinski definition) is 3. The number of alkyl halides is 4. The molecule has 1 aromatic heterocycles. The third-order valence-corrected chi connectivity index (χ3v) is 3.02. The molecule has 0 saturated heterocycles. The van der Waals surface area contributed by atoms with E-state index in [2.05, 4.69) is 10.1 Å². The van der Waals surface area contributed by atoms with Crippen LogP contribution in [0.2, 0.25) is 0 Å². The number of nitrogens with zero attached hydrogens (tertiary/aromatic N) is 2. The molecule has 1 aromatic carbocycles. The van der Waals surface area contributed by atoms with Crippen LogP contribution in [0.1, 0.15) is 30.1 Å². The summed E-state index contributed by atoms with van der Waals surface area (Å²) in [5, 5.41) is 3.24. The lowest BCUT2D eigenvalue weighted by Crippen LogP contribution is -2.04. The molecule has 102 valence electrons. The Hall–Kier alpha value is -1.56. The minimum absolute atomic E-state index is 0.0280. The lowest BCUT2D eigenvalue weighted by atomic mass is 10.1. The van der Waals surface area contributed by atoms with Crippen molar-refractivity contribution in [3.63, 3.8) is 0 Å². The first-order chi connectivity index (χ1) is 8.91. The standard InChI is InChI=1S/C12H10ClF3N2O/c1-2-9(13)10-17-11(19-18-10)7-4-3-5-8(6-7)12(14,15)16/h3-6,9H,2H2,1H3. The van der Waals surface area contributed by atoms with Gasteiger partial charge in [0.15, 0.2) is 5.82 Å². The van der Waals surface area contributed by atoms with Crippen LogP contribution in [0, 0.1) is 0 Å². The summed E-state index contributed by atoms with van der Waals surface area (Å²) in [6.45, 7) is 1.85. The first-order valence-corrected chi connectivity index (χ1v) is 6.00. The van der Waals surface area contributed by atoms with Crippen LogP contribution in [0.3, 0.4) is 0 Å². The van der Waals surface area contributed by atoms with Gasteiger partial charge in [0, 0.05) is 5.56 Å². The summed E-state index contributed by atoms with van der Waals surface area (Å²) in [5.74, 6) is 0.303. The van der Waals surface area contributed by atoms with Crippen LogP contribution >= 0.6 is 11.6 Å². The molecule has 0 spiro atoms. The third kappa shape index (κ3) is 3.07. The number of halogens is 4. The van der Waals surface area contributed by atoms with Crippen molar-refractivity contribution < 1.29 is 17.7 Å². The predicted molar refractivity (Wildman–Crippen MR) is 63.6 cm³/mol. The van der Waals surface area contributed by atoms with Gasteiger partial charge in [-0.3, -0.25) is 0 Å². The minimum Gasteiger partial charge on any atom is -0.334 e. The molecule has 0 aliphatic heterocycles. The van der Waals surface area contributed by atoms with E-state index in [1.54, 1.807) is 0 Å². The molecule has 1 atom stereocenters. The molecule has 0 amide bonds. The molecule has 0 saturated carbocycles. The zero-order valence-electron chi connectivity index (χ0n) is 9.91. The van der Waals surface area contributed by atoms with Gasteiger partial charge in [0.25, 0.3) is 5.89 Å². The van der Waals surface area contributed by atoms with Crippen LogP contribution in [0.4, 0.5) is 13.2 Å². The Kier molecular flexibility index (Phi) is 3.80. The second-order valence-corrected chi connectivity index (χ2v) is 4.44. The summed E-state index contributed by atoms with van der Waals surface area (Å²) in [6.07, 6.45) is -3.81. The van der Waals surface area contributed by atoms with Gasteiger partial charge in [0.2, 0.25) is 0 Å². The van der Waals surface area contributed by atoms with Gasteiger partial charge in [-0.2, -0.15) is 18.2 Å². The lowest BCUT2D eigenvalue weighted by molar-refractivity contribution is -0.137. The zero-order valence-corrected chi connectivity index (χ0v) is 10.7. The molecule has 3 nitrogen and oxygen atoms in total. The van der Waals surface area contributed by atoms with E-state index in [1.807, 2.05) is 6.92 Å². The summed E-state index contributed by atoms with van der Waals surface area (Å²) in [5.41, 5.74) is -0.545. The van der Waals surface area contributed by atoms with Gasteiger partial charge in [-0.15, -0.1) is 11.6 Å². The van der Waals surface area contributed by atoms with Crippen molar-refractivity contribution >= 4 is 11.6 Å². The molecule has 0 aliphatic rings. The number of benzene rings is 1. The third-order valence-electron chi connectivity index (χ3n) is 2.52. The van der Waals surface area contributed by atoms with Crippen molar-refractivity contribution in [2.45, 2.75) is 24.9 Å². The number of hydrogen-bond donors (Lipinski definition) is 0. The molecular weight excluding hydrogens is 281 g/mol. The van der Waals surface area contributed by atoms with Crippen LogP contribution in [-0.4, -0.2) is 10.1 Å². The Morgan fingerprint density at radius 3 is 2.74 bits per heavy atom. The maximum Gasteiger partial charge on any atom is 0.416 e. The Labute approximate surface area is 112 Å². The van der Waals surface area contributed by atoms with E-state index in [0.717, 1.165) is 12.1 Å². The Morgan fingerprint density at radius 2 is 2.11 bits per heavy atom. The van der Waals surface area contributed by atoms with Crippen molar-refractivity contribution in [1.82, 2.24) is 10.1 Å². The predicted octanol–water partition coefficient (Wildman–Crippen LogP) is 4.45. The van der Waals surface area contributed by atoms with Crippen LogP contribution in [0.15, 0.2) is 28.8 Å². The van der Waals surface area contributed by atoms with Gasteiger partial charge in [-0.05, 0) is 24.6 Å². The normalized spacial score (nSPS) is 13.5. The van der Waals surface area contributed by atoms with Gasteiger partial charge in [-0.1, -0.05) is 18.1 Å². The quantitative estimate of drug-likeness (QED) is 0.784. The van der Waals surface area contributed by atoms with Crippen molar-refractivity contribution in [2.75, 3.05) is 0 Å². The first-order valence-electron chi connectivity index (χ1n) is 5.57. The SMILES string of the molecule is CCC(Cl)c1noc(-c2cccc(C(F)(F)F)c2)n1. The monoisotopic (exact) mass is 290 g/mol. The molecule has 1 unspecified atom stereocenters. The van der Waals surface area contributed by atoms with Gasteiger partial charge in [-0.25, -0.2) is 0 Å². The molecule has 1 heterocycles. The van der Waals surface area contributed by atoms with Crippen LogP contribution in [0.5, 0.6) is 0 Å². The highest BCUT2D eigenvalue weighted by atomic mass is 35.5. The molecule has 0 bridgehead atoms. The summed E-state index contributed by atoms with van der Waals surface area (Å²) in [4.78, 5) is 4.00. The van der Waals surface area contributed by atoms with Crippen LogP contribution in [-0.2, 0) is 6.18 Å². The summed E-state index contributed by atoms with van der Waals surface area (Å²) in [7, 11) is 0. The molecule has 0 aliphatic carbocycles. The second kappa shape index (κ2) is 5.21. The number of aromatic nitrogens is 2. The topological polar surface area (TPSA) is 38.9 Å². The summed E-state index contributed by atoms with van der Waals surface area (Å²) < 4.78 is 42.7. The summed E-state index contributed by atoms with van der Waals surface area (Å²) in [6, 6.07) is 4.71. The Morgan fingerprint density at radius 1 is 1.37 bits per heavy atom. The first kappa shape index (κ1) is 13.9. The van der Waals surface area contributed by atoms with Crippen molar-refractivity contribution in [3.8, 4) is 11.5 Å². The molecule has 2 aromatic rings. The van der Waals surface area contributed by atoms with Crippen molar-refractivity contribution in [1.29, 1.82) is 0 Å². The van der Waals surface area contributed by atoms with E-state index in [9.17, 15) is 13.2 Å². The maximum atomic E-state index is 12.6. The molecule has 0 fully saturated rings. The number of rotatable bonds is 3. The highest BCUT2D eigenvalue weighted by molar-refractivity contribution is 6.20. The van der Waals surface area contributed by atoms with Gasteiger partial charge in [0.05, 0.1) is 10.9 Å². The Bertz CT molecular complexity index is 568. The fourth-order valence-corrected chi connectivity index (χ4v) is 1.58. The lowest BCUT2D eigenvalue weighted by Gasteiger charge is -2.06. The largest absolute Gasteiger partial charge is 0.416 e. The van der Waals surface area contributed by atoms with Crippen molar-refractivity contribution in [3.05, 3.63) is 35.7 Å². The van der Waals surface area contributed by atoms with Crippen LogP contribution < -0.4 is 0 Å². The maximum absolute atomic E-state index is 12.6. The summed E-state index contributed by atoms with van der Waals surface area (Å²) >= 11 is 5.93. The zero-order chi connectivity index (χ0) is 14.0. The smallest absolute Gasteiger partial charge is 0.334 e. The molecule has 7 heteroatoms. The second-order valence-electron chi connectivity index (χ2n) is 3.91. The van der Waals surface area contributed by atoms with E-state index in [1.165, 1.54) is 12.1 Å². The van der Waals surface area contributed by atoms with Crippen molar-refractivity contribution in [2.24, 2.45) is 0 Å². The van der Waals surface area contributed by atoms with E-state index < -0.39 is 17.1 Å². The minimum atomic E-state index is -4.41. The van der Waals surface area contributed by atoms with E-state index in [4.69, 9.17) is 16.1 Å². The fourth-order valence-electron chi connectivity index (χ4n) is 1.49. The van der Waals surface area contributed by atoms with Gasteiger partial charge >= 0.3 is 6.18 Å². The van der Waals surface area contributed by atoms with Crippen LogP contribution in [0.25, 0.3) is 11.5 Å². The molecule has 2 rings (SSSR count). The van der Waals surface area contributed by atoms with E-state index in [-0.39, 0.29) is 17.3 Å². The Balaban J connectivity index is 2.34. The average molecular weight is 291 g/mol. The van der Waals surface area contributed by atoms with E-state index >= 15 is 0 Å². The molecule has 19 heavy (non-hydrogen) atoms. The van der Waals surface area contributed by atoms with Gasteiger partial charge < -0.3 is 4.52 Å². The highest BCUT2D eigenvalue weighted by Crippen LogP contribution is 2.32. The average Bonchev–Trinajstić information content (AvgIpc) is 2.86. The molecular formula is C12H10ClF3N2O.